The molecule has 0 saturated carbocycles. The summed E-state index contributed by atoms with van der Waals surface area (Å²) in [6, 6.07) is 22.1. The number of nitrogens with zero attached hydrogens (tertiary/aromatic N) is 3. The molecule has 0 radical (unpaired) electrons. The van der Waals surface area contributed by atoms with Gasteiger partial charge in [0.05, 0.1) is 24.1 Å². The van der Waals surface area contributed by atoms with Gasteiger partial charge >= 0.3 is 18.1 Å². The van der Waals surface area contributed by atoms with E-state index in [1.807, 2.05) is 121 Å². The van der Waals surface area contributed by atoms with Crippen LogP contribution in [0.4, 0.5) is 26.7 Å². The number of aliphatic carboxylic acids is 1. The molecule has 2 heterocycles. The number of nitrogens with two attached hydrogens (primary N) is 1. The second-order valence-corrected chi connectivity index (χ2v) is 25.7. The molecule has 0 fully saturated rings. The first-order chi connectivity index (χ1) is 42.8. The highest BCUT2D eigenvalue weighted by Crippen LogP contribution is 2.37. The maximum absolute atomic E-state index is 14.4. The number of benzene rings is 4. The highest BCUT2D eigenvalue weighted by molar-refractivity contribution is 6.00. The summed E-state index contributed by atoms with van der Waals surface area (Å²) in [7, 11) is 5.15. The fraction of sp³-hybridized carbons (Fsp3) is 0.435. The van der Waals surface area contributed by atoms with E-state index in [0.29, 0.717) is 23.4 Å². The third kappa shape index (κ3) is 18.4. The second-order valence-electron chi connectivity index (χ2n) is 25.7. The minimum Gasteiger partial charge on any atom is -0.478 e. The fourth-order valence-corrected chi connectivity index (χ4v) is 11.4. The number of aromatic nitrogens is 1. The Hall–Kier alpha value is -9.31. The molecule has 6 rings (SSSR count). The first kappa shape index (κ1) is 70.8. The van der Waals surface area contributed by atoms with Gasteiger partial charge in [-0.2, -0.15) is 0 Å². The van der Waals surface area contributed by atoms with Gasteiger partial charge in [0.2, 0.25) is 35.4 Å². The molecule has 1 aliphatic rings. The van der Waals surface area contributed by atoms with Crippen LogP contribution < -0.4 is 47.9 Å². The lowest BCUT2D eigenvalue weighted by molar-refractivity contribution is -0.141. The van der Waals surface area contributed by atoms with E-state index in [2.05, 4.69) is 43.8 Å². The molecule has 0 spiro atoms. The van der Waals surface area contributed by atoms with Crippen LogP contribution in [0, 0.1) is 17.3 Å². The first-order valence-electron chi connectivity index (χ1n) is 30.7. The average Bonchev–Trinajstić information content (AvgIpc) is 1.68. The van der Waals surface area contributed by atoms with Gasteiger partial charge in [-0.3, -0.25) is 34.1 Å². The largest absolute Gasteiger partial charge is 0.478 e. The summed E-state index contributed by atoms with van der Waals surface area (Å²) in [4.78, 5) is 124. The number of ether oxygens (including phenoxy) is 1. The van der Waals surface area contributed by atoms with Gasteiger partial charge in [-0.15, -0.1) is 0 Å². The van der Waals surface area contributed by atoms with Crippen LogP contribution in [0.15, 0.2) is 115 Å². The van der Waals surface area contributed by atoms with E-state index in [0.717, 1.165) is 44.4 Å². The Balaban J connectivity index is 1.05. The molecular formula is C69H91N11O11. The predicted molar refractivity (Wildman–Crippen MR) is 353 cm³/mol. The van der Waals surface area contributed by atoms with Crippen molar-refractivity contribution in [1.82, 2.24) is 36.1 Å². The Morgan fingerprint density at radius 2 is 1.43 bits per heavy atom. The number of para-hydroxylation sites is 1. The molecule has 91 heavy (non-hydrogen) atoms. The molecule has 5 atom stereocenters. The number of likely N-dealkylation sites (N-methyl/N-ethyl adjacent to an activating group) is 2. The summed E-state index contributed by atoms with van der Waals surface area (Å²) < 4.78 is 7.48. The standard InChI is InChI=1S/C69H91N11O11/c1-40(2)54(35-43(6)65(87)88)79(14)64(86)60(68(7,8)9)77-63(85)59(71-12)69(10,11)51-38-78(13)55-36-48(29-30-50(51)55)74-67(90)91-39-44-25-27-47(28-26-44)73-61(83)52(23-19-33-72-66(70)89)75-62(84)58(41(3)4)76-56(81)31-32-57(82)80-37-46-21-15-17-22-49(46)42(5)34-45-20-16-18-24-53(45)80/h15-18,20-22,24-30,35-36,38,40-41,52,54,58-60,71H,5,19,23,31-34,37,39H2,1-4,6-14H3,(H,73,83)(H,74,90)(H,75,84)(H,76,81)(H,77,85)(H,87,88)(H3,70,72,89)/b43-35+/t52-,54+,58-,59?,60+/m0/s1. The molecule has 5 aromatic rings. The van der Waals surface area contributed by atoms with Gasteiger partial charge in [-0.1, -0.05) is 136 Å². The Labute approximate surface area is 533 Å². The molecule has 0 saturated heterocycles. The number of hydrogen-bond acceptors (Lipinski definition) is 11. The van der Waals surface area contributed by atoms with Crippen molar-refractivity contribution in [2.24, 2.45) is 30.0 Å². The number of aryl methyl sites for hydroxylation is 1. The topological polar surface area (TPSA) is 305 Å². The number of fused-ring (bicyclic) bond motifs is 3. The Morgan fingerprint density at radius 1 is 0.780 bits per heavy atom. The number of anilines is 3. The van der Waals surface area contributed by atoms with Gasteiger partial charge < -0.3 is 61.8 Å². The summed E-state index contributed by atoms with van der Waals surface area (Å²) in [5, 5.41) is 30.3. The Bertz CT molecular complexity index is 3540. The van der Waals surface area contributed by atoms with Crippen molar-refractivity contribution >= 4 is 87.1 Å². The van der Waals surface area contributed by atoms with E-state index in [1.54, 1.807) is 75.3 Å². The number of urea groups is 1. The SMILES string of the molecule is C=C1Cc2ccccc2N(C(=O)CCC(=O)N[C@H](C(=O)N[C@@H](CCCNC(N)=O)C(=O)Nc2ccc(COC(=O)Nc3ccc4c(C(C)(C)C(NC)C(=O)N[C@H](C(=O)N(C)[C@H](/C=C(\C)C(=O)O)C(C)C)C(C)(C)C)cn(C)c4c3)cc2)C(C)C)Cc2ccccc21. The molecule has 1 unspecified atom stereocenters. The van der Waals surface area contributed by atoms with Gasteiger partial charge in [0, 0.05) is 73.1 Å². The van der Waals surface area contributed by atoms with Crippen LogP contribution in [0.3, 0.4) is 0 Å². The van der Waals surface area contributed by atoms with E-state index in [-0.39, 0.29) is 68.7 Å². The summed E-state index contributed by atoms with van der Waals surface area (Å²) in [5.41, 5.74) is 11.3. The van der Waals surface area contributed by atoms with Gasteiger partial charge in [0.25, 0.3) is 0 Å². The van der Waals surface area contributed by atoms with Crippen LogP contribution in [0.2, 0.25) is 0 Å². The highest BCUT2D eigenvalue weighted by atomic mass is 16.5. The quantitative estimate of drug-likeness (QED) is 0.0186. The summed E-state index contributed by atoms with van der Waals surface area (Å²) in [6.07, 6.45) is 3.32. The molecule has 22 nitrogen and oxygen atoms in total. The van der Waals surface area contributed by atoms with Crippen molar-refractivity contribution in [3.05, 3.63) is 143 Å². The van der Waals surface area contributed by atoms with E-state index >= 15 is 0 Å². The minimum absolute atomic E-state index is 0.0888. The zero-order chi connectivity index (χ0) is 67.2. The fourth-order valence-electron chi connectivity index (χ4n) is 11.4. The van der Waals surface area contributed by atoms with Crippen LogP contribution in [0.1, 0.15) is 123 Å². The monoisotopic (exact) mass is 1250 g/mol. The zero-order valence-electron chi connectivity index (χ0n) is 54.7. The lowest BCUT2D eigenvalue weighted by Crippen LogP contribution is -2.61. The maximum Gasteiger partial charge on any atom is 0.411 e. The highest BCUT2D eigenvalue weighted by Gasteiger charge is 2.43. The zero-order valence-corrected chi connectivity index (χ0v) is 54.7. The summed E-state index contributed by atoms with van der Waals surface area (Å²) >= 11 is 0. The predicted octanol–water partition coefficient (Wildman–Crippen LogP) is 8.43. The van der Waals surface area contributed by atoms with Crippen molar-refractivity contribution in [2.45, 2.75) is 150 Å². The van der Waals surface area contributed by atoms with Crippen LogP contribution >= 0.6 is 0 Å². The van der Waals surface area contributed by atoms with E-state index in [1.165, 1.54) is 11.8 Å². The molecule has 1 aliphatic heterocycles. The van der Waals surface area contributed by atoms with E-state index < -0.39 is 88.7 Å². The van der Waals surface area contributed by atoms with Crippen LogP contribution in [-0.2, 0) is 70.3 Å². The number of nitrogens with one attached hydrogen (secondary N) is 7. The third-order valence-corrected chi connectivity index (χ3v) is 16.6. The summed E-state index contributed by atoms with van der Waals surface area (Å²) in [6.45, 7) is 22.8. The maximum atomic E-state index is 14.4. The number of carbonyl (C=O) groups is 9. The smallest absolute Gasteiger partial charge is 0.411 e. The number of hydrogen-bond donors (Lipinski definition) is 9. The molecule has 22 heteroatoms. The minimum atomic E-state index is -1.12. The number of carboxylic acid groups (broad SMARTS) is 1. The molecule has 1 aromatic heterocycles. The molecule has 0 bridgehead atoms. The molecule has 488 valence electrons. The lowest BCUT2D eigenvalue weighted by Gasteiger charge is -2.39. The van der Waals surface area contributed by atoms with Crippen molar-refractivity contribution in [1.29, 1.82) is 0 Å². The molecule has 9 amide bonds. The van der Waals surface area contributed by atoms with Crippen molar-refractivity contribution in [3.63, 3.8) is 0 Å². The van der Waals surface area contributed by atoms with Crippen molar-refractivity contribution in [3.8, 4) is 0 Å². The van der Waals surface area contributed by atoms with Crippen LogP contribution in [0.25, 0.3) is 16.5 Å². The Kier molecular flexibility index (Phi) is 24.1. The van der Waals surface area contributed by atoms with Crippen molar-refractivity contribution < 1.29 is 53.0 Å². The Morgan fingerprint density at radius 3 is 2.05 bits per heavy atom. The number of carboxylic acids is 1. The molecular weight excluding hydrogens is 1160 g/mol. The van der Waals surface area contributed by atoms with E-state index in [4.69, 9.17) is 10.5 Å². The van der Waals surface area contributed by atoms with Gasteiger partial charge in [-0.05, 0) is 114 Å². The number of amides is 9. The first-order valence-corrected chi connectivity index (χ1v) is 30.7. The molecule has 10 N–H and O–H groups in total. The average molecular weight is 1250 g/mol. The van der Waals surface area contributed by atoms with Gasteiger partial charge in [0.15, 0.2) is 0 Å². The van der Waals surface area contributed by atoms with E-state index in [9.17, 15) is 48.3 Å². The third-order valence-electron chi connectivity index (χ3n) is 16.6. The molecule has 0 aliphatic carbocycles. The lowest BCUT2D eigenvalue weighted by atomic mass is 9.76. The second kappa shape index (κ2) is 30.9. The van der Waals surface area contributed by atoms with Gasteiger partial charge in [-0.25, -0.2) is 14.4 Å². The number of allylic oxidation sites excluding steroid dienone is 1. The molecule has 4 aromatic carbocycles. The number of rotatable bonds is 26. The van der Waals surface area contributed by atoms with Crippen LogP contribution in [0.5, 0.6) is 0 Å². The number of primary amides is 1. The summed E-state index contributed by atoms with van der Waals surface area (Å²) in [5.74, 6) is -4.36. The van der Waals surface area contributed by atoms with Crippen LogP contribution in [-0.4, -0.2) is 119 Å². The van der Waals surface area contributed by atoms with Crippen molar-refractivity contribution in [2.75, 3.05) is 36.2 Å². The number of carbonyl (C=O) groups excluding carboxylic acids is 8. The normalized spacial score (nSPS) is 14.3. The van der Waals surface area contributed by atoms with Gasteiger partial charge in [0.1, 0.15) is 24.7 Å².